The average molecular weight is 430 g/mol. The first-order valence-electron chi connectivity index (χ1n) is 10.7. The number of anilines is 1. The number of hydrogen-bond donors (Lipinski definition) is 2. The number of aryl methyl sites for hydroxylation is 2. The Morgan fingerprint density at radius 3 is 2.58 bits per heavy atom. The van der Waals surface area contributed by atoms with Gasteiger partial charge >= 0.3 is 0 Å². The quantitative estimate of drug-likeness (QED) is 0.676. The van der Waals surface area contributed by atoms with Crippen molar-refractivity contribution in [2.45, 2.75) is 32.9 Å². The Kier molecular flexibility index (Phi) is 8.01. The van der Waals surface area contributed by atoms with E-state index in [2.05, 4.69) is 22.0 Å². The third-order valence-electron chi connectivity index (χ3n) is 5.68. The predicted octanol–water partition coefficient (Wildman–Crippen LogP) is 2.83. The summed E-state index contributed by atoms with van der Waals surface area (Å²) in [7, 11) is 0. The van der Waals surface area contributed by atoms with Crippen LogP contribution in [0.1, 0.15) is 18.1 Å². The Morgan fingerprint density at radius 2 is 1.90 bits per heavy atom. The normalized spacial score (nSPS) is 18.5. The minimum Gasteiger partial charge on any atom is -0.488 e. The van der Waals surface area contributed by atoms with E-state index in [-0.39, 0.29) is 24.3 Å². The highest BCUT2D eigenvalue weighted by atomic mass is 19.1. The number of para-hydroxylation sites is 2. The van der Waals surface area contributed by atoms with Crippen LogP contribution in [0.3, 0.4) is 0 Å². The molecule has 168 valence electrons. The number of aliphatic hydroxyl groups is 1. The molecule has 6 nitrogen and oxygen atoms in total. The van der Waals surface area contributed by atoms with Gasteiger partial charge in [-0.05, 0) is 44.0 Å². The summed E-state index contributed by atoms with van der Waals surface area (Å²) in [5.41, 5.74) is 2.99. The van der Waals surface area contributed by atoms with E-state index >= 15 is 0 Å². The zero-order chi connectivity index (χ0) is 22.4. The van der Waals surface area contributed by atoms with Crippen molar-refractivity contribution in [2.75, 3.05) is 44.6 Å². The molecular formula is C24H32FN3O3. The number of aliphatic hydroxyl groups excluding tert-OH is 1. The summed E-state index contributed by atoms with van der Waals surface area (Å²) in [6.07, 6.45) is -0.721. The molecule has 0 unspecified atom stereocenters. The third kappa shape index (κ3) is 6.50. The lowest BCUT2D eigenvalue weighted by Crippen LogP contribution is -2.55. The van der Waals surface area contributed by atoms with Crippen LogP contribution in [0.2, 0.25) is 0 Å². The lowest BCUT2D eigenvalue weighted by atomic mass is 10.1. The maximum atomic E-state index is 13.6. The number of carbonyl (C=O) groups is 1. The van der Waals surface area contributed by atoms with Crippen LogP contribution in [0.25, 0.3) is 0 Å². The van der Waals surface area contributed by atoms with Gasteiger partial charge in [-0.15, -0.1) is 0 Å². The largest absolute Gasteiger partial charge is 0.488 e. The Bertz CT molecular complexity index is 872. The van der Waals surface area contributed by atoms with Crippen LogP contribution < -0.4 is 10.1 Å². The van der Waals surface area contributed by atoms with Gasteiger partial charge in [-0.3, -0.25) is 14.6 Å². The molecule has 0 bridgehead atoms. The summed E-state index contributed by atoms with van der Waals surface area (Å²) in [6.45, 7) is 9.10. The first-order chi connectivity index (χ1) is 14.8. The number of β-amino-alcohol motifs (C(OH)–C–C–N with tert-alkyl or cyclic N) is 1. The fourth-order valence-electron chi connectivity index (χ4n) is 3.95. The van der Waals surface area contributed by atoms with E-state index in [9.17, 15) is 14.3 Å². The first-order valence-corrected chi connectivity index (χ1v) is 10.7. The summed E-state index contributed by atoms with van der Waals surface area (Å²) in [6, 6.07) is 12.3. The molecule has 1 saturated heterocycles. The first kappa shape index (κ1) is 23.2. The predicted molar refractivity (Wildman–Crippen MR) is 120 cm³/mol. The SMILES string of the molecule is Cc1cccc(C)c1NC(=O)CN1CCN(C[C@@H](O)COc2ccccc2F)[C@@H](C)C1. The van der Waals surface area contributed by atoms with Gasteiger partial charge in [0.25, 0.3) is 0 Å². The highest BCUT2D eigenvalue weighted by Gasteiger charge is 2.26. The van der Waals surface area contributed by atoms with Crippen molar-refractivity contribution in [3.05, 3.63) is 59.4 Å². The van der Waals surface area contributed by atoms with E-state index in [0.29, 0.717) is 13.1 Å². The number of amides is 1. The number of benzene rings is 2. The molecular weight excluding hydrogens is 397 g/mol. The van der Waals surface area contributed by atoms with Crippen LogP contribution in [0.4, 0.5) is 10.1 Å². The van der Waals surface area contributed by atoms with E-state index in [1.807, 2.05) is 32.0 Å². The molecule has 1 amide bonds. The second-order valence-corrected chi connectivity index (χ2v) is 8.29. The zero-order valence-electron chi connectivity index (χ0n) is 18.5. The van der Waals surface area contributed by atoms with E-state index in [0.717, 1.165) is 36.4 Å². The van der Waals surface area contributed by atoms with Crippen LogP contribution in [0.15, 0.2) is 42.5 Å². The molecule has 1 aliphatic heterocycles. The summed E-state index contributed by atoms with van der Waals surface area (Å²) >= 11 is 0. The molecule has 31 heavy (non-hydrogen) atoms. The van der Waals surface area contributed by atoms with Crippen molar-refractivity contribution in [1.82, 2.24) is 9.80 Å². The van der Waals surface area contributed by atoms with Gasteiger partial charge in [0.15, 0.2) is 11.6 Å². The summed E-state index contributed by atoms with van der Waals surface area (Å²) in [4.78, 5) is 16.9. The van der Waals surface area contributed by atoms with Crippen molar-refractivity contribution in [3.8, 4) is 5.75 Å². The Morgan fingerprint density at radius 1 is 1.19 bits per heavy atom. The van der Waals surface area contributed by atoms with E-state index in [1.165, 1.54) is 6.07 Å². The van der Waals surface area contributed by atoms with Gasteiger partial charge in [0.1, 0.15) is 12.7 Å². The average Bonchev–Trinajstić information content (AvgIpc) is 2.72. The monoisotopic (exact) mass is 429 g/mol. The molecule has 0 saturated carbocycles. The fraction of sp³-hybridized carbons (Fsp3) is 0.458. The van der Waals surface area contributed by atoms with Gasteiger partial charge in [0, 0.05) is 37.9 Å². The van der Waals surface area contributed by atoms with Crippen molar-refractivity contribution < 1.29 is 19.0 Å². The second-order valence-electron chi connectivity index (χ2n) is 8.29. The molecule has 3 rings (SSSR count). The number of hydrogen-bond acceptors (Lipinski definition) is 5. The van der Waals surface area contributed by atoms with Crippen LogP contribution in [-0.2, 0) is 4.79 Å². The van der Waals surface area contributed by atoms with Crippen LogP contribution in [-0.4, -0.2) is 72.3 Å². The number of carbonyl (C=O) groups excluding carboxylic acids is 1. The van der Waals surface area contributed by atoms with Gasteiger partial charge in [-0.25, -0.2) is 4.39 Å². The molecule has 1 fully saturated rings. The fourth-order valence-corrected chi connectivity index (χ4v) is 3.95. The molecule has 2 aromatic carbocycles. The summed E-state index contributed by atoms with van der Waals surface area (Å²) in [5, 5.41) is 13.4. The lowest BCUT2D eigenvalue weighted by molar-refractivity contribution is -0.118. The molecule has 1 heterocycles. The molecule has 2 atom stereocenters. The van der Waals surface area contributed by atoms with Crippen LogP contribution in [0, 0.1) is 19.7 Å². The number of ether oxygens (including phenoxy) is 1. The van der Waals surface area contributed by atoms with Gasteiger partial charge in [0.2, 0.25) is 5.91 Å². The van der Waals surface area contributed by atoms with Crippen molar-refractivity contribution in [3.63, 3.8) is 0 Å². The highest BCUT2D eigenvalue weighted by Crippen LogP contribution is 2.20. The topological polar surface area (TPSA) is 65.0 Å². The molecule has 1 aliphatic rings. The summed E-state index contributed by atoms with van der Waals surface area (Å²) < 4.78 is 19.0. The Labute approximate surface area is 183 Å². The Hall–Kier alpha value is -2.48. The molecule has 7 heteroatoms. The molecule has 0 aromatic heterocycles. The van der Waals surface area contributed by atoms with E-state index in [1.54, 1.807) is 18.2 Å². The minimum atomic E-state index is -0.721. The standard InChI is InChI=1S/C24H32FN3O3/c1-17-7-6-8-18(2)24(17)26-23(30)15-27-11-12-28(19(3)13-27)14-20(29)16-31-22-10-5-4-9-21(22)25/h4-10,19-20,29H,11-16H2,1-3H3,(H,26,30)/t19-,20+/m0/s1. The van der Waals surface area contributed by atoms with Gasteiger partial charge in [-0.2, -0.15) is 0 Å². The zero-order valence-corrected chi connectivity index (χ0v) is 18.5. The van der Waals surface area contributed by atoms with E-state index in [4.69, 9.17) is 4.74 Å². The van der Waals surface area contributed by atoms with Crippen molar-refractivity contribution >= 4 is 11.6 Å². The van der Waals surface area contributed by atoms with Crippen molar-refractivity contribution in [1.29, 1.82) is 0 Å². The molecule has 0 aliphatic carbocycles. The van der Waals surface area contributed by atoms with Gasteiger partial charge in [0.05, 0.1) is 6.54 Å². The van der Waals surface area contributed by atoms with Gasteiger partial charge in [-0.1, -0.05) is 30.3 Å². The molecule has 0 spiro atoms. The second kappa shape index (κ2) is 10.7. The van der Waals surface area contributed by atoms with Crippen molar-refractivity contribution in [2.24, 2.45) is 0 Å². The third-order valence-corrected chi connectivity index (χ3v) is 5.68. The maximum Gasteiger partial charge on any atom is 0.238 e. The van der Waals surface area contributed by atoms with Gasteiger partial charge < -0.3 is 15.2 Å². The van der Waals surface area contributed by atoms with Crippen LogP contribution in [0.5, 0.6) is 5.75 Å². The smallest absolute Gasteiger partial charge is 0.238 e. The minimum absolute atomic E-state index is 0.0172. The number of halogens is 1. The number of nitrogens with zero attached hydrogens (tertiary/aromatic N) is 2. The highest BCUT2D eigenvalue weighted by molar-refractivity contribution is 5.93. The molecule has 2 N–H and O–H groups in total. The number of piperazine rings is 1. The van der Waals surface area contributed by atoms with Crippen LogP contribution >= 0.6 is 0 Å². The van der Waals surface area contributed by atoms with E-state index < -0.39 is 11.9 Å². The number of rotatable bonds is 8. The lowest BCUT2D eigenvalue weighted by Gasteiger charge is -2.40. The Balaban J connectivity index is 1.43. The molecule has 2 aromatic rings. The maximum absolute atomic E-state index is 13.6. The molecule has 0 radical (unpaired) electrons. The summed E-state index contributed by atoms with van der Waals surface area (Å²) in [5.74, 6) is -0.304. The number of nitrogens with one attached hydrogen (secondary N) is 1.